The summed E-state index contributed by atoms with van der Waals surface area (Å²) in [6, 6.07) is 7.06. The SMILES string of the molecule is Cc1c(S(=O)(=O)CCNC(=O)NC(C)(C)C)c2ccccc2n1C. The van der Waals surface area contributed by atoms with Crippen molar-refractivity contribution in [1.29, 1.82) is 0 Å². The van der Waals surface area contributed by atoms with Crippen molar-refractivity contribution in [1.82, 2.24) is 15.2 Å². The number of aromatic nitrogens is 1. The highest BCUT2D eigenvalue weighted by Crippen LogP contribution is 2.29. The number of aryl methyl sites for hydroxylation is 1. The fourth-order valence-corrected chi connectivity index (χ4v) is 4.33. The summed E-state index contributed by atoms with van der Waals surface area (Å²) < 4.78 is 27.4. The summed E-state index contributed by atoms with van der Waals surface area (Å²) in [6.45, 7) is 7.45. The molecule has 0 saturated carbocycles. The van der Waals surface area contributed by atoms with Gasteiger partial charge in [0.25, 0.3) is 0 Å². The third-order valence-corrected chi connectivity index (χ3v) is 5.68. The van der Waals surface area contributed by atoms with Crippen LogP contribution in [-0.2, 0) is 16.9 Å². The molecule has 0 saturated heterocycles. The van der Waals surface area contributed by atoms with Crippen LogP contribution in [0.3, 0.4) is 0 Å². The lowest BCUT2D eigenvalue weighted by atomic mass is 10.1. The van der Waals surface area contributed by atoms with Crippen LogP contribution in [0.2, 0.25) is 0 Å². The van der Waals surface area contributed by atoms with Crippen molar-refractivity contribution < 1.29 is 13.2 Å². The highest BCUT2D eigenvalue weighted by molar-refractivity contribution is 7.91. The molecule has 0 atom stereocenters. The third-order valence-electron chi connectivity index (χ3n) is 3.80. The molecule has 1 aromatic carbocycles. The van der Waals surface area contributed by atoms with Gasteiger partial charge in [-0.25, -0.2) is 13.2 Å². The number of sulfone groups is 1. The number of rotatable bonds is 4. The Morgan fingerprint density at radius 2 is 1.83 bits per heavy atom. The van der Waals surface area contributed by atoms with Gasteiger partial charge in [-0.2, -0.15) is 0 Å². The molecule has 0 aliphatic carbocycles. The second-order valence-corrected chi connectivity index (χ2v) is 8.99. The minimum absolute atomic E-state index is 0.0624. The van der Waals surface area contributed by atoms with E-state index in [-0.39, 0.29) is 23.9 Å². The summed E-state index contributed by atoms with van der Waals surface area (Å²) in [6.07, 6.45) is 0. The maximum atomic E-state index is 12.8. The van der Waals surface area contributed by atoms with Gasteiger partial charge < -0.3 is 15.2 Å². The van der Waals surface area contributed by atoms with Gasteiger partial charge in [-0.3, -0.25) is 0 Å². The first-order valence-corrected chi connectivity index (χ1v) is 9.51. The van der Waals surface area contributed by atoms with Gasteiger partial charge in [0.15, 0.2) is 9.84 Å². The molecular formula is C17H25N3O3S. The molecule has 24 heavy (non-hydrogen) atoms. The fourth-order valence-electron chi connectivity index (χ4n) is 2.66. The highest BCUT2D eigenvalue weighted by atomic mass is 32.2. The number of nitrogens with one attached hydrogen (secondary N) is 2. The monoisotopic (exact) mass is 351 g/mol. The molecular weight excluding hydrogens is 326 g/mol. The highest BCUT2D eigenvalue weighted by Gasteiger charge is 2.24. The second kappa shape index (κ2) is 6.47. The van der Waals surface area contributed by atoms with Crippen LogP contribution >= 0.6 is 0 Å². The van der Waals surface area contributed by atoms with E-state index in [0.717, 1.165) is 10.9 Å². The van der Waals surface area contributed by atoms with E-state index in [0.29, 0.717) is 10.6 Å². The summed E-state index contributed by atoms with van der Waals surface area (Å²) in [5, 5.41) is 6.06. The lowest BCUT2D eigenvalue weighted by Crippen LogP contribution is -2.47. The van der Waals surface area contributed by atoms with E-state index in [2.05, 4.69) is 10.6 Å². The molecule has 0 spiro atoms. The van der Waals surface area contributed by atoms with Crippen molar-refractivity contribution in [2.45, 2.75) is 38.1 Å². The van der Waals surface area contributed by atoms with Crippen LogP contribution in [0.25, 0.3) is 10.9 Å². The average Bonchev–Trinajstić information content (AvgIpc) is 2.69. The Balaban J connectivity index is 2.18. The van der Waals surface area contributed by atoms with E-state index in [1.54, 1.807) is 6.92 Å². The predicted molar refractivity (Wildman–Crippen MR) is 96.0 cm³/mol. The molecule has 0 fully saturated rings. The Hall–Kier alpha value is -2.02. The molecule has 0 aliphatic rings. The Labute approximate surface area is 143 Å². The lowest BCUT2D eigenvalue weighted by Gasteiger charge is -2.20. The van der Waals surface area contributed by atoms with Crippen molar-refractivity contribution in [3.8, 4) is 0 Å². The molecule has 7 heteroatoms. The van der Waals surface area contributed by atoms with Crippen LogP contribution in [0.1, 0.15) is 26.5 Å². The van der Waals surface area contributed by atoms with E-state index in [1.807, 2.05) is 56.7 Å². The fraction of sp³-hybridized carbons (Fsp3) is 0.471. The molecule has 2 N–H and O–H groups in total. The van der Waals surface area contributed by atoms with Crippen molar-refractivity contribution in [2.75, 3.05) is 12.3 Å². The summed E-state index contributed by atoms with van der Waals surface area (Å²) in [7, 11) is -1.65. The number of carbonyl (C=O) groups is 1. The zero-order valence-electron chi connectivity index (χ0n) is 14.8. The topological polar surface area (TPSA) is 80.2 Å². The second-order valence-electron chi connectivity index (χ2n) is 6.94. The third kappa shape index (κ3) is 3.90. The first-order chi connectivity index (χ1) is 11.0. The molecule has 1 heterocycles. The zero-order valence-corrected chi connectivity index (χ0v) is 15.6. The zero-order chi connectivity index (χ0) is 18.1. The van der Waals surface area contributed by atoms with Crippen LogP contribution in [0, 0.1) is 6.92 Å². The maximum absolute atomic E-state index is 12.8. The maximum Gasteiger partial charge on any atom is 0.315 e. The number of hydrogen-bond donors (Lipinski definition) is 2. The number of para-hydroxylation sites is 1. The molecule has 0 bridgehead atoms. The summed E-state index contributed by atoms with van der Waals surface area (Å²) >= 11 is 0. The number of benzene rings is 1. The minimum Gasteiger partial charge on any atom is -0.347 e. The van der Waals surface area contributed by atoms with Gasteiger partial charge in [0.05, 0.1) is 10.6 Å². The summed E-state index contributed by atoms with van der Waals surface area (Å²) in [5.41, 5.74) is 1.22. The van der Waals surface area contributed by atoms with Crippen LogP contribution < -0.4 is 10.6 Å². The molecule has 2 aromatic rings. The Morgan fingerprint density at radius 3 is 2.46 bits per heavy atom. The van der Waals surface area contributed by atoms with E-state index < -0.39 is 9.84 Å². The van der Waals surface area contributed by atoms with Crippen molar-refractivity contribution in [2.24, 2.45) is 7.05 Å². The molecule has 0 aliphatic heterocycles. The Bertz CT molecular complexity index is 861. The van der Waals surface area contributed by atoms with Crippen LogP contribution in [-0.4, -0.2) is 36.9 Å². The van der Waals surface area contributed by atoms with Gasteiger partial charge in [-0.05, 0) is 33.8 Å². The van der Waals surface area contributed by atoms with E-state index in [4.69, 9.17) is 0 Å². The van der Waals surface area contributed by atoms with Crippen LogP contribution in [0.4, 0.5) is 4.79 Å². The van der Waals surface area contributed by atoms with Gasteiger partial charge in [0, 0.05) is 35.7 Å². The van der Waals surface area contributed by atoms with Gasteiger partial charge in [0.1, 0.15) is 0 Å². The van der Waals surface area contributed by atoms with E-state index >= 15 is 0 Å². The smallest absolute Gasteiger partial charge is 0.315 e. The number of urea groups is 1. The molecule has 6 nitrogen and oxygen atoms in total. The van der Waals surface area contributed by atoms with Crippen molar-refractivity contribution in [3.05, 3.63) is 30.0 Å². The number of hydrogen-bond acceptors (Lipinski definition) is 3. The van der Waals surface area contributed by atoms with Gasteiger partial charge in [-0.15, -0.1) is 0 Å². The number of fused-ring (bicyclic) bond motifs is 1. The van der Waals surface area contributed by atoms with E-state index in [9.17, 15) is 13.2 Å². The standard InChI is InChI=1S/C17H25N3O3S/c1-12-15(13-8-6-7-9-14(13)20(12)5)24(22,23)11-10-18-16(21)19-17(2,3)4/h6-9H,10-11H2,1-5H3,(H2,18,19,21). The van der Waals surface area contributed by atoms with Crippen LogP contribution in [0.15, 0.2) is 29.2 Å². The molecule has 2 amide bonds. The molecule has 0 unspecified atom stereocenters. The average molecular weight is 351 g/mol. The molecule has 0 radical (unpaired) electrons. The largest absolute Gasteiger partial charge is 0.347 e. The number of carbonyl (C=O) groups excluding carboxylic acids is 1. The Kier molecular flexibility index (Phi) is 4.94. The molecule has 132 valence electrons. The van der Waals surface area contributed by atoms with Gasteiger partial charge in [-0.1, -0.05) is 18.2 Å². The van der Waals surface area contributed by atoms with Crippen LogP contribution in [0.5, 0.6) is 0 Å². The normalized spacial score (nSPS) is 12.4. The van der Waals surface area contributed by atoms with Crippen molar-refractivity contribution in [3.63, 3.8) is 0 Å². The first-order valence-electron chi connectivity index (χ1n) is 7.86. The van der Waals surface area contributed by atoms with Gasteiger partial charge >= 0.3 is 6.03 Å². The summed E-state index contributed by atoms with van der Waals surface area (Å²) in [5.74, 6) is -0.139. The first kappa shape index (κ1) is 18.3. The predicted octanol–water partition coefficient (Wildman–Crippen LogP) is 2.36. The number of nitrogens with zero attached hydrogens (tertiary/aromatic N) is 1. The summed E-state index contributed by atoms with van der Waals surface area (Å²) in [4.78, 5) is 12.1. The Morgan fingerprint density at radius 1 is 1.21 bits per heavy atom. The van der Waals surface area contributed by atoms with Crippen molar-refractivity contribution >= 4 is 26.8 Å². The lowest BCUT2D eigenvalue weighted by molar-refractivity contribution is 0.232. The van der Waals surface area contributed by atoms with Gasteiger partial charge in [0.2, 0.25) is 0 Å². The minimum atomic E-state index is -3.50. The quantitative estimate of drug-likeness (QED) is 0.887. The molecule has 2 rings (SSSR count). The molecule has 1 aromatic heterocycles. The number of amides is 2. The van der Waals surface area contributed by atoms with E-state index in [1.165, 1.54) is 0 Å².